The zero-order valence-electron chi connectivity index (χ0n) is 13.8. The van der Waals surface area contributed by atoms with Crippen molar-refractivity contribution in [3.05, 3.63) is 0 Å². The lowest BCUT2D eigenvalue weighted by atomic mass is 10.0. The molecule has 5 nitrogen and oxygen atoms in total. The first-order valence-electron chi connectivity index (χ1n) is 8.96. The fourth-order valence-electron chi connectivity index (χ4n) is 4.20. The normalized spacial score (nSPS) is 28.4. The minimum absolute atomic E-state index is 0.294. The van der Waals surface area contributed by atoms with Gasteiger partial charge in [0, 0.05) is 44.7 Å². The Hall–Kier alpha value is -1.10. The molecule has 0 radical (unpaired) electrons. The first-order valence-corrected chi connectivity index (χ1v) is 8.96. The summed E-state index contributed by atoms with van der Waals surface area (Å²) in [5.74, 6) is 0.625. The van der Waals surface area contributed by atoms with Crippen LogP contribution in [0, 0.1) is 0 Å². The molecule has 3 heterocycles. The average molecular weight is 307 g/mol. The molecule has 0 bridgehead atoms. The summed E-state index contributed by atoms with van der Waals surface area (Å²) in [6, 6.07) is 0.816. The molecule has 0 N–H and O–H groups in total. The monoisotopic (exact) mass is 307 g/mol. The van der Waals surface area contributed by atoms with E-state index in [2.05, 4.69) is 21.6 Å². The van der Waals surface area contributed by atoms with Crippen LogP contribution in [0.1, 0.15) is 51.9 Å². The summed E-state index contributed by atoms with van der Waals surface area (Å²) >= 11 is 0. The van der Waals surface area contributed by atoms with E-state index in [-0.39, 0.29) is 0 Å². The quantitative estimate of drug-likeness (QED) is 0.793. The van der Waals surface area contributed by atoms with E-state index in [4.69, 9.17) is 0 Å². The fourth-order valence-corrected chi connectivity index (χ4v) is 4.20. The van der Waals surface area contributed by atoms with Crippen LogP contribution in [0.4, 0.5) is 0 Å². The van der Waals surface area contributed by atoms with Gasteiger partial charge in [-0.15, -0.1) is 0 Å². The smallest absolute Gasteiger partial charge is 0.236 e. The van der Waals surface area contributed by atoms with E-state index < -0.39 is 0 Å². The van der Waals surface area contributed by atoms with Crippen LogP contribution in [0.2, 0.25) is 0 Å². The highest BCUT2D eigenvalue weighted by atomic mass is 16.2. The van der Waals surface area contributed by atoms with E-state index >= 15 is 0 Å². The summed E-state index contributed by atoms with van der Waals surface area (Å²) in [7, 11) is 0. The molecule has 3 aliphatic rings. The van der Waals surface area contributed by atoms with Crippen LogP contribution in [-0.2, 0) is 9.59 Å². The highest BCUT2D eigenvalue weighted by Gasteiger charge is 2.32. The number of likely N-dealkylation sites (tertiary alicyclic amines) is 3. The summed E-state index contributed by atoms with van der Waals surface area (Å²) in [5, 5.41) is 0. The first-order chi connectivity index (χ1) is 10.6. The Morgan fingerprint density at radius 1 is 1.05 bits per heavy atom. The van der Waals surface area contributed by atoms with Gasteiger partial charge in [0.1, 0.15) is 0 Å². The van der Waals surface area contributed by atoms with Crippen molar-refractivity contribution < 1.29 is 9.59 Å². The lowest BCUT2D eigenvalue weighted by Crippen LogP contribution is -2.50. The van der Waals surface area contributed by atoms with E-state index in [1.54, 1.807) is 0 Å². The third kappa shape index (κ3) is 3.45. The third-order valence-corrected chi connectivity index (χ3v) is 5.59. The molecule has 1 unspecified atom stereocenters. The standard InChI is InChI=1S/C17H29N3O2/c1-14-5-2-3-9-19(14)17(22)13-18-11-7-15(8-12-18)20-10-4-6-16(20)21/h14-15H,2-13H2,1H3. The van der Waals surface area contributed by atoms with Crippen molar-refractivity contribution in [1.82, 2.24) is 14.7 Å². The van der Waals surface area contributed by atoms with Gasteiger partial charge in [-0.3, -0.25) is 14.5 Å². The summed E-state index contributed by atoms with van der Waals surface area (Å²) in [4.78, 5) is 30.7. The second kappa shape index (κ2) is 6.99. The van der Waals surface area contributed by atoms with Crippen LogP contribution in [0.25, 0.3) is 0 Å². The topological polar surface area (TPSA) is 43.9 Å². The van der Waals surface area contributed by atoms with Crippen molar-refractivity contribution in [1.29, 1.82) is 0 Å². The summed E-state index contributed by atoms with van der Waals surface area (Å²) in [6.45, 7) is 6.49. The molecule has 124 valence electrons. The van der Waals surface area contributed by atoms with Crippen LogP contribution in [-0.4, -0.2) is 71.3 Å². The van der Waals surface area contributed by atoms with E-state index in [0.29, 0.717) is 30.4 Å². The maximum absolute atomic E-state index is 12.5. The number of amides is 2. The summed E-state index contributed by atoms with van der Waals surface area (Å²) < 4.78 is 0. The molecule has 0 spiro atoms. The second-order valence-corrected chi connectivity index (χ2v) is 7.13. The molecule has 0 aromatic heterocycles. The number of carbonyl (C=O) groups is 2. The largest absolute Gasteiger partial charge is 0.340 e. The molecule has 3 saturated heterocycles. The minimum atomic E-state index is 0.294. The summed E-state index contributed by atoms with van der Waals surface area (Å²) in [5.41, 5.74) is 0. The SMILES string of the molecule is CC1CCCCN1C(=O)CN1CCC(N2CCCC2=O)CC1. The van der Waals surface area contributed by atoms with E-state index in [0.717, 1.165) is 64.7 Å². The number of hydrogen-bond acceptors (Lipinski definition) is 3. The van der Waals surface area contributed by atoms with Gasteiger partial charge in [0.25, 0.3) is 0 Å². The first kappa shape index (κ1) is 15.8. The van der Waals surface area contributed by atoms with Crippen molar-refractivity contribution in [2.45, 2.75) is 64.0 Å². The van der Waals surface area contributed by atoms with Crippen LogP contribution in [0.3, 0.4) is 0 Å². The zero-order chi connectivity index (χ0) is 15.5. The van der Waals surface area contributed by atoms with Gasteiger partial charge in [-0.25, -0.2) is 0 Å². The average Bonchev–Trinajstić information content (AvgIpc) is 2.94. The van der Waals surface area contributed by atoms with Crippen molar-refractivity contribution in [2.24, 2.45) is 0 Å². The molecular weight excluding hydrogens is 278 g/mol. The Kier molecular flexibility index (Phi) is 5.01. The highest BCUT2D eigenvalue weighted by molar-refractivity contribution is 5.79. The third-order valence-electron chi connectivity index (χ3n) is 5.59. The van der Waals surface area contributed by atoms with E-state index in [1.165, 1.54) is 6.42 Å². The molecule has 22 heavy (non-hydrogen) atoms. The second-order valence-electron chi connectivity index (χ2n) is 7.13. The Balaban J connectivity index is 1.45. The Bertz CT molecular complexity index is 418. The predicted molar refractivity (Wildman–Crippen MR) is 85.4 cm³/mol. The Labute approximate surface area is 133 Å². The van der Waals surface area contributed by atoms with Gasteiger partial charge in [0.2, 0.25) is 11.8 Å². The Morgan fingerprint density at radius 2 is 1.82 bits per heavy atom. The van der Waals surface area contributed by atoms with E-state index in [9.17, 15) is 9.59 Å². The van der Waals surface area contributed by atoms with Gasteiger partial charge in [-0.2, -0.15) is 0 Å². The minimum Gasteiger partial charge on any atom is -0.340 e. The number of hydrogen-bond donors (Lipinski definition) is 0. The van der Waals surface area contributed by atoms with Crippen LogP contribution in [0.15, 0.2) is 0 Å². The van der Waals surface area contributed by atoms with Crippen LogP contribution < -0.4 is 0 Å². The van der Waals surface area contributed by atoms with Gasteiger partial charge >= 0.3 is 0 Å². The predicted octanol–water partition coefficient (Wildman–Crippen LogP) is 1.47. The van der Waals surface area contributed by atoms with Gasteiger partial charge in [-0.05, 0) is 45.4 Å². The number of carbonyl (C=O) groups excluding carboxylic acids is 2. The maximum atomic E-state index is 12.5. The molecule has 3 fully saturated rings. The molecule has 0 saturated carbocycles. The van der Waals surface area contributed by atoms with Crippen molar-refractivity contribution in [2.75, 3.05) is 32.7 Å². The Morgan fingerprint density at radius 3 is 2.45 bits per heavy atom. The lowest BCUT2D eigenvalue weighted by Gasteiger charge is -2.38. The van der Waals surface area contributed by atoms with Gasteiger partial charge in [0.05, 0.1) is 6.54 Å². The molecule has 0 aromatic rings. The molecule has 5 heteroatoms. The zero-order valence-corrected chi connectivity index (χ0v) is 13.8. The van der Waals surface area contributed by atoms with Gasteiger partial charge < -0.3 is 9.80 Å². The molecule has 3 rings (SSSR count). The summed E-state index contributed by atoms with van der Waals surface area (Å²) in [6.07, 6.45) is 7.33. The van der Waals surface area contributed by atoms with Crippen LogP contribution in [0.5, 0.6) is 0 Å². The van der Waals surface area contributed by atoms with Crippen LogP contribution >= 0.6 is 0 Å². The molecule has 2 amide bonds. The number of piperidine rings is 2. The lowest BCUT2D eigenvalue weighted by molar-refractivity contribution is -0.137. The van der Waals surface area contributed by atoms with Crippen molar-refractivity contribution in [3.63, 3.8) is 0 Å². The molecular formula is C17H29N3O2. The number of nitrogens with zero attached hydrogens (tertiary/aromatic N) is 3. The molecule has 0 aliphatic carbocycles. The van der Waals surface area contributed by atoms with Gasteiger partial charge in [0.15, 0.2) is 0 Å². The highest BCUT2D eigenvalue weighted by Crippen LogP contribution is 2.22. The van der Waals surface area contributed by atoms with Crippen molar-refractivity contribution >= 4 is 11.8 Å². The number of rotatable bonds is 3. The fraction of sp³-hybridized carbons (Fsp3) is 0.882. The molecule has 0 aromatic carbocycles. The molecule has 1 atom stereocenters. The van der Waals surface area contributed by atoms with E-state index in [1.807, 2.05) is 0 Å². The van der Waals surface area contributed by atoms with Gasteiger partial charge in [-0.1, -0.05) is 0 Å². The molecule has 3 aliphatic heterocycles. The maximum Gasteiger partial charge on any atom is 0.236 e. The van der Waals surface area contributed by atoms with Crippen molar-refractivity contribution in [3.8, 4) is 0 Å².